The summed E-state index contributed by atoms with van der Waals surface area (Å²) in [5.74, 6) is 0.654. The molecule has 1 aliphatic heterocycles. The highest BCUT2D eigenvalue weighted by atomic mass is 35.5. The van der Waals surface area contributed by atoms with E-state index in [9.17, 15) is 0 Å². The molecule has 3 heteroatoms. The minimum absolute atomic E-state index is 0.664. The van der Waals surface area contributed by atoms with E-state index in [0.29, 0.717) is 11.5 Å². The maximum atomic E-state index is 5.57. The Morgan fingerprint density at radius 2 is 2.00 bits per heavy atom. The first kappa shape index (κ1) is 6.80. The quantitative estimate of drug-likeness (QED) is 0.554. The van der Waals surface area contributed by atoms with Crippen LogP contribution >= 0.6 is 11.6 Å². The van der Waals surface area contributed by atoms with E-state index in [1.165, 1.54) is 0 Å². The van der Waals surface area contributed by atoms with Crippen LogP contribution in [-0.2, 0) is 0 Å². The molecule has 0 aliphatic carbocycles. The fraction of sp³-hybridized carbons (Fsp3) is 0.125. The van der Waals surface area contributed by atoms with Crippen molar-refractivity contribution in [3.05, 3.63) is 30.7 Å². The summed E-state index contributed by atoms with van der Waals surface area (Å²) < 4.78 is 10.2. The van der Waals surface area contributed by atoms with E-state index in [0.717, 1.165) is 5.56 Å². The largest absolute Gasteiger partial charge is 0.438 e. The lowest BCUT2D eigenvalue weighted by molar-refractivity contribution is 0.128. The van der Waals surface area contributed by atoms with Crippen molar-refractivity contribution in [3.8, 4) is 11.5 Å². The predicted molar refractivity (Wildman–Crippen MR) is 41.8 cm³/mol. The van der Waals surface area contributed by atoms with Gasteiger partial charge in [-0.15, -0.1) is 0 Å². The highest BCUT2D eigenvalue weighted by molar-refractivity contribution is 6.19. The van der Waals surface area contributed by atoms with Gasteiger partial charge in [-0.25, -0.2) is 0 Å². The summed E-state index contributed by atoms with van der Waals surface area (Å²) in [5.41, 5.74) is 0.887. The van der Waals surface area contributed by atoms with Gasteiger partial charge in [0.2, 0.25) is 0 Å². The maximum Gasteiger partial charge on any atom is 0.322 e. The minimum Gasteiger partial charge on any atom is -0.438 e. The monoisotopic (exact) mass is 169 g/mol. The molecule has 1 aliphatic rings. The lowest BCUT2D eigenvalue weighted by Crippen LogP contribution is -2.07. The van der Waals surface area contributed by atoms with Gasteiger partial charge in [0.05, 0.1) is 0 Å². The van der Waals surface area contributed by atoms with E-state index in [2.05, 4.69) is 6.92 Å². The van der Waals surface area contributed by atoms with Crippen LogP contribution in [0.5, 0.6) is 11.5 Å². The zero-order valence-electron chi connectivity index (χ0n) is 5.71. The molecular formula is C8H6ClO2. The summed E-state index contributed by atoms with van der Waals surface area (Å²) in [6.07, 6.45) is 0. The Balaban J connectivity index is 2.43. The first-order chi connectivity index (χ1) is 5.25. The molecule has 1 aromatic rings. The Hall–Kier alpha value is -0.890. The molecule has 1 aromatic carbocycles. The van der Waals surface area contributed by atoms with Crippen molar-refractivity contribution in [2.24, 2.45) is 0 Å². The summed E-state index contributed by atoms with van der Waals surface area (Å²) >= 11 is 5.57. The Morgan fingerprint density at radius 3 is 2.82 bits per heavy atom. The van der Waals surface area contributed by atoms with E-state index in [1.54, 1.807) is 12.1 Å². The van der Waals surface area contributed by atoms with E-state index >= 15 is 0 Å². The van der Waals surface area contributed by atoms with E-state index in [4.69, 9.17) is 21.1 Å². The van der Waals surface area contributed by atoms with Gasteiger partial charge in [0.1, 0.15) is 0 Å². The smallest absolute Gasteiger partial charge is 0.322 e. The number of ether oxygens (including phenoxy) is 2. The lowest BCUT2D eigenvalue weighted by Gasteiger charge is -1.96. The van der Waals surface area contributed by atoms with E-state index in [-0.39, 0.29) is 0 Å². The first-order valence-electron chi connectivity index (χ1n) is 3.19. The van der Waals surface area contributed by atoms with Crippen molar-refractivity contribution in [2.75, 3.05) is 0 Å². The average molecular weight is 170 g/mol. The van der Waals surface area contributed by atoms with Gasteiger partial charge in [-0.3, -0.25) is 0 Å². The number of fused-ring (bicyclic) bond motifs is 1. The number of benzene rings is 1. The summed E-state index contributed by atoms with van der Waals surface area (Å²) in [6, 6.07) is 5.43. The van der Waals surface area contributed by atoms with Crippen LogP contribution in [0.2, 0.25) is 0 Å². The van der Waals surface area contributed by atoms with E-state index in [1.807, 2.05) is 6.07 Å². The van der Waals surface area contributed by atoms with Crippen molar-refractivity contribution >= 4 is 11.6 Å². The molecule has 1 radical (unpaired) electrons. The Morgan fingerprint density at radius 1 is 1.27 bits per heavy atom. The van der Waals surface area contributed by atoms with Crippen LogP contribution in [0.25, 0.3) is 0 Å². The molecule has 11 heavy (non-hydrogen) atoms. The normalized spacial score (nSPS) is 20.4. The maximum absolute atomic E-state index is 5.57. The van der Waals surface area contributed by atoms with Crippen molar-refractivity contribution in [1.82, 2.24) is 0 Å². The molecule has 1 heterocycles. The molecule has 0 aromatic heterocycles. The Bertz CT molecular complexity index is 285. The zero-order valence-corrected chi connectivity index (χ0v) is 6.47. The fourth-order valence-corrected chi connectivity index (χ4v) is 1.16. The van der Waals surface area contributed by atoms with Gasteiger partial charge in [0, 0.05) is 0 Å². The van der Waals surface area contributed by atoms with Gasteiger partial charge in [0.15, 0.2) is 11.5 Å². The molecule has 2 nitrogen and oxygen atoms in total. The van der Waals surface area contributed by atoms with Gasteiger partial charge < -0.3 is 9.47 Å². The van der Waals surface area contributed by atoms with Crippen LogP contribution in [0.15, 0.2) is 18.2 Å². The first-order valence-corrected chi connectivity index (χ1v) is 3.63. The molecule has 1 unspecified atom stereocenters. The van der Waals surface area contributed by atoms with Crippen LogP contribution < -0.4 is 9.47 Å². The van der Waals surface area contributed by atoms with Gasteiger partial charge in [0.25, 0.3) is 0 Å². The second-order valence-electron chi connectivity index (χ2n) is 2.29. The highest BCUT2D eigenvalue weighted by Crippen LogP contribution is 2.35. The Kier molecular flexibility index (Phi) is 1.43. The molecular weight excluding hydrogens is 164 g/mol. The van der Waals surface area contributed by atoms with Crippen molar-refractivity contribution in [2.45, 2.75) is 5.75 Å². The van der Waals surface area contributed by atoms with Gasteiger partial charge in [-0.1, -0.05) is 6.07 Å². The topological polar surface area (TPSA) is 18.5 Å². The molecule has 57 valence electrons. The molecule has 0 saturated heterocycles. The van der Waals surface area contributed by atoms with Crippen LogP contribution in [-0.4, -0.2) is 5.75 Å². The summed E-state index contributed by atoms with van der Waals surface area (Å²) in [6.45, 7) is 3.74. The van der Waals surface area contributed by atoms with Crippen molar-refractivity contribution in [3.63, 3.8) is 0 Å². The molecule has 0 saturated carbocycles. The SMILES string of the molecule is [CH2]c1ccc2c(c1)OC(Cl)O2. The van der Waals surface area contributed by atoms with Crippen LogP contribution in [0.3, 0.4) is 0 Å². The van der Waals surface area contributed by atoms with Crippen LogP contribution in [0.1, 0.15) is 5.56 Å². The number of hydrogen-bond donors (Lipinski definition) is 0. The number of hydrogen-bond acceptors (Lipinski definition) is 2. The average Bonchev–Trinajstić information content (AvgIpc) is 2.27. The van der Waals surface area contributed by atoms with Crippen molar-refractivity contribution < 1.29 is 9.47 Å². The molecule has 0 spiro atoms. The Labute approximate surface area is 69.7 Å². The molecule has 0 amide bonds. The molecule has 0 N–H and O–H groups in total. The molecule has 0 fully saturated rings. The highest BCUT2D eigenvalue weighted by Gasteiger charge is 2.20. The zero-order chi connectivity index (χ0) is 7.84. The molecule has 0 bridgehead atoms. The van der Waals surface area contributed by atoms with Gasteiger partial charge in [-0.05, 0) is 36.2 Å². The third kappa shape index (κ3) is 1.14. The third-order valence-electron chi connectivity index (χ3n) is 1.45. The van der Waals surface area contributed by atoms with Crippen molar-refractivity contribution in [1.29, 1.82) is 0 Å². The standard InChI is InChI=1S/C8H6ClO2/c1-5-2-3-6-7(4-5)11-8(9)10-6/h2-4,8H,1H2. The van der Waals surface area contributed by atoms with Crippen LogP contribution in [0, 0.1) is 6.92 Å². The second kappa shape index (κ2) is 2.31. The number of alkyl halides is 1. The third-order valence-corrected chi connectivity index (χ3v) is 1.63. The number of halogens is 1. The summed E-state index contributed by atoms with van der Waals surface area (Å²) in [4.78, 5) is 0. The van der Waals surface area contributed by atoms with E-state index < -0.39 is 5.75 Å². The lowest BCUT2D eigenvalue weighted by atomic mass is 10.2. The van der Waals surface area contributed by atoms with Gasteiger partial charge >= 0.3 is 5.75 Å². The van der Waals surface area contributed by atoms with Gasteiger partial charge in [-0.2, -0.15) is 0 Å². The molecule has 2 rings (SSSR count). The predicted octanol–water partition coefficient (Wildman–Crippen LogP) is 2.16. The number of rotatable bonds is 0. The van der Waals surface area contributed by atoms with Crippen LogP contribution in [0.4, 0.5) is 0 Å². The second-order valence-corrected chi connectivity index (χ2v) is 2.65. The molecule has 1 atom stereocenters. The minimum atomic E-state index is -0.688. The summed E-state index contributed by atoms with van der Waals surface area (Å²) in [5, 5.41) is 0. The fourth-order valence-electron chi connectivity index (χ4n) is 0.966. The summed E-state index contributed by atoms with van der Waals surface area (Å²) in [7, 11) is 0.